The second kappa shape index (κ2) is 7.87. The number of carbonyl (C=O) groups is 1. The minimum atomic E-state index is -0.423. The number of nitrogens with one attached hydrogen (secondary N) is 1. The molecule has 23 heavy (non-hydrogen) atoms. The van der Waals surface area contributed by atoms with Crippen LogP contribution in [0.3, 0.4) is 0 Å². The zero-order chi connectivity index (χ0) is 16.8. The van der Waals surface area contributed by atoms with Gasteiger partial charge in [-0.1, -0.05) is 24.9 Å². The van der Waals surface area contributed by atoms with Gasteiger partial charge >= 0.3 is 0 Å². The van der Waals surface area contributed by atoms with Crippen LogP contribution in [0.5, 0.6) is 0 Å². The van der Waals surface area contributed by atoms with E-state index < -0.39 is 11.7 Å². The molecule has 0 saturated heterocycles. The number of unbranched alkanes of at least 4 members (excludes halogenated alkanes) is 1. The molecule has 0 bridgehead atoms. The first-order valence-electron chi connectivity index (χ1n) is 7.34. The van der Waals surface area contributed by atoms with E-state index >= 15 is 0 Å². The van der Waals surface area contributed by atoms with Gasteiger partial charge in [-0.3, -0.25) is 9.48 Å². The Kier molecular flexibility index (Phi) is 5.87. The van der Waals surface area contributed by atoms with Crippen molar-refractivity contribution in [2.45, 2.75) is 33.2 Å². The molecule has 0 fully saturated rings. The van der Waals surface area contributed by atoms with E-state index in [1.54, 1.807) is 4.68 Å². The second-order valence-corrected chi connectivity index (χ2v) is 5.43. The van der Waals surface area contributed by atoms with Crippen LogP contribution in [-0.2, 0) is 6.54 Å². The van der Waals surface area contributed by atoms with Gasteiger partial charge in [0.15, 0.2) is 0 Å². The van der Waals surface area contributed by atoms with Gasteiger partial charge in [0.05, 0.1) is 17.5 Å². The average molecular weight is 337 g/mol. The molecule has 1 amide bonds. The van der Waals surface area contributed by atoms with E-state index in [0.717, 1.165) is 25.1 Å². The normalized spacial score (nSPS) is 11.1. The number of halogens is 2. The van der Waals surface area contributed by atoms with Crippen LogP contribution in [-0.4, -0.2) is 21.9 Å². The van der Waals surface area contributed by atoms with Crippen LogP contribution in [0.25, 0.3) is 0 Å². The van der Waals surface area contributed by atoms with Gasteiger partial charge in [-0.15, -0.1) is 0 Å². The molecule has 1 aromatic carbocycles. The molecule has 0 aliphatic heterocycles. The summed E-state index contributed by atoms with van der Waals surface area (Å²) in [5, 5.41) is 8.75. The molecule has 7 heteroatoms. The van der Waals surface area contributed by atoms with Crippen molar-refractivity contribution in [2.24, 2.45) is 5.10 Å². The van der Waals surface area contributed by atoms with Crippen molar-refractivity contribution >= 4 is 23.7 Å². The maximum absolute atomic E-state index is 12.8. The van der Waals surface area contributed by atoms with Gasteiger partial charge in [0.2, 0.25) is 0 Å². The van der Waals surface area contributed by atoms with Crippen molar-refractivity contribution in [1.29, 1.82) is 0 Å². The van der Waals surface area contributed by atoms with Crippen LogP contribution in [0.2, 0.25) is 5.15 Å². The van der Waals surface area contributed by atoms with E-state index in [0.29, 0.717) is 16.3 Å². The van der Waals surface area contributed by atoms with Crippen LogP contribution in [0.15, 0.2) is 29.4 Å². The van der Waals surface area contributed by atoms with Gasteiger partial charge in [-0.25, -0.2) is 9.82 Å². The highest BCUT2D eigenvalue weighted by Crippen LogP contribution is 2.18. The number of carbonyl (C=O) groups excluding carboxylic acids is 1. The fourth-order valence-corrected chi connectivity index (χ4v) is 2.30. The first kappa shape index (κ1) is 17.1. The largest absolute Gasteiger partial charge is 0.271 e. The third kappa shape index (κ3) is 4.39. The Hall–Kier alpha value is -2.21. The maximum Gasteiger partial charge on any atom is 0.271 e. The third-order valence-electron chi connectivity index (χ3n) is 3.30. The van der Waals surface area contributed by atoms with Crippen LogP contribution >= 0.6 is 11.6 Å². The smallest absolute Gasteiger partial charge is 0.267 e. The van der Waals surface area contributed by atoms with Crippen molar-refractivity contribution in [2.75, 3.05) is 0 Å². The molecule has 2 rings (SSSR count). The van der Waals surface area contributed by atoms with E-state index in [1.807, 2.05) is 6.92 Å². The van der Waals surface area contributed by atoms with E-state index in [4.69, 9.17) is 11.6 Å². The van der Waals surface area contributed by atoms with E-state index in [-0.39, 0.29) is 0 Å². The molecule has 5 nitrogen and oxygen atoms in total. The summed E-state index contributed by atoms with van der Waals surface area (Å²) in [5.74, 6) is -0.819. The second-order valence-electron chi connectivity index (χ2n) is 5.07. The SMILES string of the molecule is CCCCn1nc(C)c(/C=N\NC(=O)c2ccc(F)cc2)c1Cl. The quantitative estimate of drug-likeness (QED) is 0.648. The van der Waals surface area contributed by atoms with E-state index in [9.17, 15) is 9.18 Å². The molecule has 122 valence electrons. The number of hydrogen-bond donors (Lipinski definition) is 1. The lowest BCUT2D eigenvalue weighted by molar-refractivity contribution is 0.0955. The van der Waals surface area contributed by atoms with Crippen LogP contribution in [0.4, 0.5) is 4.39 Å². The number of aromatic nitrogens is 2. The molecular weight excluding hydrogens is 319 g/mol. The number of aryl methyl sites for hydroxylation is 2. The average Bonchev–Trinajstić information content (AvgIpc) is 2.80. The first-order chi connectivity index (χ1) is 11.0. The summed E-state index contributed by atoms with van der Waals surface area (Å²) in [4.78, 5) is 11.9. The fourth-order valence-electron chi connectivity index (χ4n) is 1.99. The Morgan fingerprint density at radius 2 is 2.13 bits per heavy atom. The van der Waals surface area contributed by atoms with Crippen LogP contribution in [0.1, 0.15) is 41.4 Å². The lowest BCUT2D eigenvalue weighted by atomic mass is 10.2. The Balaban J connectivity index is 2.04. The number of rotatable bonds is 6. The summed E-state index contributed by atoms with van der Waals surface area (Å²) < 4.78 is 14.5. The third-order valence-corrected chi connectivity index (χ3v) is 3.70. The molecule has 1 heterocycles. The minimum absolute atomic E-state index is 0.324. The molecular formula is C16H18ClFN4O. The van der Waals surface area contributed by atoms with Crippen LogP contribution in [0, 0.1) is 12.7 Å². The van der Waals surface area contributed by atoms with Gasteiger partial charge in [0.25, 0.3) is 5.91 Å². The maximum atomic E-state index is 12.8. The van der Waals surface area contributed by atoms with Crippen molar-refractivity contribution in [3.8, 4) is 0 Å². The molecule has 0 unspecified atom stereocenters. The summed E-state index contributed by atoms with van der Waals surface area (Å²) in [5.41, 5.74) is 4.12. The van der Waals surface area contributed by atoms with Crippen molar-refractivity contribution < 1.29 is 9.18 Å². The van der Waals surface area contributed by atoms with Gasteiger partial charge in [0, 0.05) is 12.1 Å². The molecule has 0 saturated carbocycles. The molecule has 0 spiro atoms. The predicted molar refractivity (Wildman–Crippen MR) is 88.3 cm³/mol. The summed E-state index contributed by atoms with van der Waals surface area (Å²) >= 11 is 6.27. The predicted octanol–water partition coefficient (Wildman–Crippen LogP) is 3.55. The van der Waals surface area contributed by atoms with Crippen molar-refractivity contribution in [3.63, 3.8) is 0 Å². The fraction of sp³-hybridized carbons (Fsp3) is 0.312. The van der Waals surface area contributed by atoms with Crippen molar-refractivity contribution in [1.82, 2.24) is 15.2 Å². The lowest BCUT2D eigenvalue weighted by Crippen LogP contribution is -2.17. The number of hydrogen-bond acceptors (Lipinski definition) is 3. The summed E-state index contributed by atoms with van der Waals surface area (Å²) in [6.45, 7) is 4.67. The number of nitrogens with zero attached hydrogens (tertiary/aromatic N) is 3. The Morgan fingerprint density at radius 3 is 2.78 bits per heavy atom. The highest BCUT2D eigenvalue weighted by atomic mass is 35.5. The molecule has 1 aromatic heterocycles. The van der Waals surface area contributed by atoms with Crippen molar-refractivity contribution in [3.05, 3.63) is 52.1 Å². The molecule has 0 atom stereocenters. The standard InChI is InChI=1S/C16H18ClFN4O/c1-3-4-9-22-15(17)14(11(2)21-22)10-19-20-16(23)12-5-7-13(18)8-6-12/h5-8,10H,3-4,9H2,1-2H3,(H,20,23)/b19-10-. The first-order valence-corrected chi connectivity index (χ1v) is 7.72. The zero-order valence-electron chi connectivity index (χ0n) is 13.0. The highest BCUT2D eigenvalue weighted by Gasteiger charge is 2.11. The van der Waals surface area contributed by atoms with Gasteiger partial charge < -0.3 is 0 Å². The van der Waals surface area contributed by atoms with E-state index in [2.05, 4.69) is 22.5 Å². The topological polar surface area (TPSA) is 59.3 Å². The zero-order valence-corrected chi connectivity index (χ0v) is 13.8. The summed E-state index contributed by atoms with van der Waals surface area (Å²) in [6.07, 6.45) is 3.50. The van der Waals surface area contributed by atoms with Crippen LogP contribution < -0.4 is 5.43 Å². The molecule has 0 radical (unpaired) electrons. The highest BCUT2D eigenvalue weighted by molar-refractivity contribution is 6.32. The molecule has 1 N–H and O–H groups in total. The number of amides is 1. The molecule has 0 aliphatic carbocycles. The Labute approximate surface area is 139 Å². The number of benzene rings is 1. The van der Waals surface area contributed by atoms with Gasteiger partial charge in [-0.2, -0.15) is 10.2 Å². The monoisotopic (exact) mass is 336 g/mol. The lowest BCUT2D eigenvalue weighted by Gasteiger charge is -2.01. The minimum Gasteiger partial charge on any atom is -0.267 e. The Morgan fingerprint density at radius 1 is 1.43 bits per heavy atom. The molecule has 0 aliphatic rings. The van der Waals surface area contributed by atoms with E-state index in [1.165, 1.54) is 30.5 Å². The van der Waals surface area contributed by atoms with Gasteiger partial charge in [0.1, 0.15) is 11.0 Å². The van der Waals surface area contributed by atoms with Gasteiger partial charge in [-0.05, 0) is 37.6 Å². The Bertz CT molecular complexity index is 710. The summed E-state index contributed by atoms with van der Waals surface area (Å²) in [6, 6.07) is 5.22. The summed E-state index contributed by atoms with van der Waals surface area (Å²) in [7, 11) is 0. The number of hydrazone groups is 1. The molecule has 2 aromatic rings.